The molecule has 0 aromatic heterocycles. The van der Waals surface area contributed by atoms with Crippen LogP contribution in [0.25, 0.3) is 0 Å². The Bertz CT molecular complexity index is 792. The van der Waals surface area contributed by atoms with Gasteiger partial charge in [-0.15, -0.1) is 0 Å². The SMILES string of the molecule is CCOCCOc1ccc(C(=O)NC(=S)Nc2ccc(C(N)=O)cc2)cc1. The van der Waals surface area contributed by atoms with Gasteiger partial charge in [0.05, 0.1) is 6.61 Å². The van der Waals surface area contributed by atoms with Crippen molar-refractivity contribution < 1.29 is 19.1 Å². The summed E-state index contributed by atoms with van der Waals surface area (Å²) in [6, 6.07) is 13.1. The Balaban J connectivity index is 1.84. The zero-order chi connectivity index (χ0) is 19.6. The van der Waals surface area contributed by atoms with E-state index in [4.69, 9.17) is 27.4 Å². The molecule has 8 heteroatoms. The molecule has 0 bridgehead atoms. The van der Waals surface area contributed by atoms with Crippen LogP contribution in [0, 0.1) is 0 Å². The van der Waals surface area contributed by atoms with Crippen molar-refractivity contribution in [3.8, 4) is 5.75 Å². The molecule has 27 heavy (non-hydrogen) atoms. The largest absolute Gasteiger partial charge is 0.491 e. The number of thiocarbonyl (C=S) groups is 1. The van der Waals surface area contributed by atoms with Crippen molar-refractivity contribution in [1.29, 1.82) is 0 Å². The molecule has 0 unspecified atom stereocenters. The average molecular weight is 387 g/mol. The maximum absolute atomic E-state index is 12.2. The number of nitrogens with two attached hydrogens (primary N) is 1. The summed E-state index contributed by atoms with van der Waals surface area (Å²) in [6.07, 6.45) is 0. The maximum Gasteiger partial charge on any atom is 0.257 e. The van der Waals surface area contributed by atoms with Gasteiger partial charge in [0.1, 0.15) is 12.4 Å². The number of hydrogen-bond acceptors (Lipinski definition) is 5. The van der Waals surface area contributed by atoms with E-state index in [0.29, 0.717) is 42.4 Å². The minimum absolute atomic E-state index is 0.142. The van der Waals surface area contributed by atoms with Gasteiger partial charge in [-0.05, 0) is 67.7 Å². The van der Waals surface area contributed by atoms with Gasteiger partial charge in [0.15, 0.2) is 5.11 Å². The third-order valence-corrected chi connectivity index (χ3v) is 3.68. The van der Waals surface area contributed by atoms with Crippen molar-refractivity contribution in [1.82, 2.24) is 5.32 Å². The van der Waals surface area contributed by atoms with Crippen LogP contribution in [0.3, 0.4) is 0 Å². The predicted octanol–water partition coefficient (Wildman–Crippen LogP) is 2.33. The van der Waals surface area contributed by atoms with E-state index in [0.717, 1.165) is 0 Å². The zero-order valence-corrected chi connectivity index (χ0v) is 15.7. The van der Waals surface area contributed by atoms with E-state index in [1.807, 2.05) is 6.92 Å². The fraction of sp³-hybridized carbons (Fsp3) is 0.211. The number of nitrogens with one attached hydrogen (secondary N) is 2. The van der Waals surface area contributed by atoms with Crippen molar-refractivity contribution in [3.05, 3.63) is 59.7 Å². The Kier molecular flexibility index (Phi) is 7.72. The van der Waals surface area contributed by atoms with Crippen LogP contribution in [0.15, 0.2) is 48.5 Å². The molecular weight excluding hydrogens is 366 g/mol. The first-order chi connectivity index (χ1) is 13.0. The Labute approximate surface area is 162 Å². The van der Waals surface area contributed by atoms with Crippen LogP contribution in [-0.2, 0) is 4.74 Å². The highest BCUT2D eigenvalue weighted by Crippen LogP contribution is 2.13. The second-order valence-corrected chi connectivity index (χ2v) is 5.83. The van der Waals surface area contributed by atoms with Crippen molar-refractivity contribution in [3.63, 3.8) is 0 Å². The predicted molar refractivity (Wildman–Crippen MR) is 107 cm³/mol. The first-order valence-electron chi connectivity index (χ1n) is 8.32. The summed E-state index contributed by atoms with van der Waals surface area (Å²) >= 11 is 5.13. The number of ether oxygens (including phenoxy) is 2. The molecule has 0 saturated heterocycles. The lowest BCUT2D eigenvalue weighted by atomic mass is 10.2. The normalized spacial score (nSPS) is 10.1. The Hall–Kier alpha value is -2.97. The van der Waals surface area contributed by atoms with Crippen molar-refractivity contribution in [2.75, 3.05) is 25.1 Å². The summed E-state index contributed by atoms with van der Waals surface area (Å²) in [5.41, 5.74) is 6.65. The number of rotatable bonds is 8. The summed E-state index contributed by atoms with van der Waals surface area (Å²) in [5.74, 6) is -0.202. The molecule has 0 aliphatic rings. The summed E-state index contributed by atoms with van der Waals surface area (Å²) < 4.78 is 10.7. The van der Waals surface area contributed by atoms with E-state index < -0.39 is 5.91 Å². The second-order valence-electron chi connectivity index (χ2n) is 5.42. The van der Waals surface area contributed by atoms with Crippen LogP contribution in [0.1, 0.15) is 27.6 Å². The molecule has 0 saturated carbocycles. The average Bonchev–Trinajstić information content (AvgIpc) is 2.66. The highest BCUT2D eigenvalue weighted by atomic mass is 32.1. The number of carbonyl (C=O) groups is 2. The molecule has 2 rings (SSSR count). The van der Waals surface area contributed by atoms with Crippen molar-refractivity contribution in [2.24, 2.45) is 5.73 Å². The van der Waals surface area contributed by atoms with Gasteiger partial charge in [0.2, 0.25) is 5.91 Å². The molecule has 0 aliphatic heterocycles. The van der Waals surface area contributed by atoms with Gasteiger partial charge in [-0.25, -0.2) is 0 Å². The quantitative estimate of drug-likeness (QED) is 0.475. The summed E-state index contributed by atoms with van der Waals surface area (Å²) in [5, 5.41) is 5.60. The molecule has 7 nitrogen and oxygen atoms in total. The van der Waals surface area contributed by atoms with Gasteiger partial charge >= 0.3 is 0 Å². The van der Waals surface area contributed by atoms with Gasteiger partial charge < -0.3 is 20.5 Å². The molecule has 0 atom stereocenters. The minimum Gasteiger partial charge on any atom is -0.491 e. The smallest absolute Gasteiger partial charge is 0.257 e. The second kappa shape index (κ2) is 10.2. The molecule has 0 spiro atoms. The Morgan fingerprint density at radius 2 is 1.63 bits per heavy atom. The van der Waals surface area contributed by atoms with E-state index in [-0.39, 0.29) is 11.0 Å². The molecule has 0 heterocycles. The summed E-state index contributed by atoms with van der Waals surface area (Å²) in [4.78, 5) is 23.3. The molecule has 0 fully saturated rings. The molecule has 0 aliphatic carbocycles. The van der Waals surface area contributed by atoms with Crippen LogP contribution in [0.5, 0.6) is 5.75 Å². The number of benzene rings is 2. The Morgan fingerprint density at radius 1 is 1.00 bits per heavy atom. The van der Waals surface area contributed by atoms with Crippen molar-refractivity contribution in [2.45, 2.75) is 6.92 Å². The van der Waals surface area contributed by atoms with Crippen LogP contribution in [-0.4, -0.2) is 36.7 Å². The number of hydrogen-bond donors (Lipinski definition) is 3. The monoisotopic (exact) mass is 387 g/mol. The highest BCUT2D eigenvalue weighted by Gasteiger charge is 2.09. The topological polar surface area (TPSA) is 103 Å². The summed E-state index contributed by atoms with van der Waals surface area (Å²) in [7, 11) is 0. The van der Waals surface area contributed by atoms with Gasteiger partial charge in [0, 0.05) is 23.4 Å². The number of primary amides is 1. The molecule has 2 amide bonds. The van der Waals surface area contributed by atoms with Gasteiger partial charge in [-0.3, -0.25) is 14.9 Å². The third-order valence-electron chi connectivity index (χ3n) is 3.47. The van der Waals surface area contributed by atoms with Crippen molar-refractivity contribution >= 4 is 34.8 Å². The fourth-order valence-electron chi connectivity index (χ4n) is 2.12. The lowest BCUT2D eigenvalue weighted by Crippen LogP contribution is -2.34. The highest BCUT2D eigenvalue weighted by molar-refractivity contribution is 7.80. The van der Waals surface area contributed by atoms with Gasteiger partial charge in [-0.1, -0.05) is 0 Å². The van der Waals surface area contributed by atoms with E-state index in [1.54, 1.807) is 48.5 Å². The third kappa shape index (κ3) is 6.69. The number of amides is 2. The Morgan fingerprint density at radius 3 is 2.22 bits per heavy atom. The number of carbonyl (C=O) groups excluding carboxylic acids is 2. The molecule has 2 aromatic carbocycles. The molecule has 0 radical (unpaired) electrons. The molecule has 4 N–H and O–H groups in total. The van der Waals surface area contributed by atoms with E-state index in [2.05, 4.69) is 10.6 Å². The van der Waals surface area contributed by atoms with E-state index in [9.17, 15) is 9.59 Å². The molecular formula is C19H21N3O4S. The minimum atomic E-state index is -0.511. The standard InChI is InChI=1S/C19H21N3O4S/c1-2-25-11-12-26-16-9-5-14(6-10-16)18(24)22-19(27)21-15-7-3-13(4-8-15)17(20)23/h3-10H,2,11-12H2,1H3,(H2,20,23)(H2,21,22,24,27). The first kappa shape index (κ1) is 20.3. The summed E-state index contributed by atoms with van der Waals surface area (Å²) in [6.45, 7) is 3.52. The lowest BCUT2D eigenvalue weighted by molar-refractivity contribution is 0.0974. The van der Waals surface area contributed by atoms with E-state index in [1.165, 1.54) is 0 Å². The zero-order valence-electron chi connectivity index (χ0n) is 14.9. The maximum atomic E-state index is 12.2. The molecule has 142 valence electrons. The van der Waals surface area contributed by atoms with Gasteiger partial charge in [0.25, 0.3) is 5.91 Å². The van der Waals surface area contributed by atoms with Crippen LogP contribution >= 0.6 is 12.2 Å². The van der Waals surface area contributed by atoms with Crippen LogP contribution < -0.4 is 21.1 Å². The van der Waals surface area contributed by atoms with Gasteiger partial charge in [-0.2, -0.15) is 0 Å². The van der Waals surface area contributed by atoms with Crippen LogP contribution in [0.4, 0.5) is 5.69 Å². The first-order valence-corrected chi connectivity index (χ1v) is 8.73. The van der Waals surface area contributed by atoms with E-state index >= 15 is 0 Å². The fourth-order valence-corrected chi connectivity index (χ4v) is 2.33. The lowest BCUT2D eigenvalue weighted by Gasteiger charge is -2.10. The van der Waals surface area contributed by atoms with Crippen LogP contribution in [0.2, 0.25) is 0 Å². The molecule has 2 aromatic rings. The number of anilines is 1.